The van der Waals surface area contributed by atoms with Gasteiger partial charge in [0.05, 0.1) is 16.3 Å². The lowest BCUT2D eigenvalue weighted by Crippen LogP contribution is -2.15. The first-order valence-electron chi connectivity index (χ1n) is 9.67. The summed E-state index contributed by atoms with van der Waals surface area (Å²) in [6.07, 6.45) is 0. The molecule has 1 heterocycles. The number of aromatic nitrogens is 1. The molecule has 158 valence electrons. The van der Waals surface area contributed by atoms with E-state index in [1.807, 2.05) is 26.0 Å². The minimum absolute atomic E-state index is 0.246. The third kappa shape index (κ3) is 4.24. The number of nitrogens with one attached hydrogen (secondary N) is 1. The molecule has 0 fully saturated rings. The zero-order valence-corrected chi connectivity index (χ0v) is 18.9. The van der Waals surface area contributed by atoms with E-state index in [4.69, 9.17) is 0 Å². The van der Waals surface area contributed by atoms with Crippen LogP contribution >= 0.6 is 11.3 Å². The van der Waals surface area contributed by atoms with Crippen molar-refractivity contribution in [2.45, 2.75) is 25.7 Å². The normalized spacial score (nSPS) is 11.5. The fourth-order valence-corrected chi connectivity index (χ4v) is 5.61. The number of sulfonamides is 1. The summed E-state index contributed by atoms with van der Waals surface area (Å²) in [4.78, 5) is 4.81. The van der Waals surface area contributed by atoms with E-state index in [2.05, 4.69) is 9.71 Å². The van der Waals surface area contributed by atoms with E-state index in [9.17, 15) is 12.8 Å². The molecular formula is C24H21FN2O2S2. The molecule has 0 aliphatic heterocycles. The number of thiazole rings is 1. The quantitative estimate of drug-likeness (QED) is 0.384. The van der Waals surface area contributed by atoms with Crippen molar-refractivity contribution >= 4 is 27.0 Å². The average molecular weight is 453 g/mol. The maximum absolute atomic E-state index is 14.2. The topological polar surface area (TPSA) is 59.1 Å². The van der Waals surface area contributed by atoms with Crippen LogP contribution in [0.5, 0.6) is 0 Å². The van der Waals surface area contributed by atoms with E-state index < -0.39 is 10.0 Å². The summed E-state index contributed by atoms with van der Waals surface area (Å²) in [6.45, 7) is 5.63. The highest BCUT2D eigenvalue weighted by molar-refractivity contribution is 7.92. The molecule has 4 aromatic rings. The molecule has 0 atom stereocenters. The lowest BCUT2D eigenvalue weighted by atomic mass is 10.1. The summed E-state index contributed by atoms with van der Waals surface area (Å²) < 4.78 is 43.2. The molecule has 7 heteroatoms. The van der Waals surface area contributed by atoms with Gasteiger partial charge in [0.1, 0.15) is 10.8 Å². The summed E-state index contributed by atoms with van der Waals surface area (Å²) in [5.41, 5.74) is 4.69. The minimum atomic E-state index is -3.80. The van der Waals surface area contributed by atoms with Crippen molar-refractivity contribution < 1.29 is 12.8 Å². The highest BCUT2D eigenvalue weighted by Crippen LogP contribution is 2.34. The van der Waals surface area contributed by atoms with E-state index in [-0.39, 0.29) is 10.7 Å². The average Bonchev–Trinajstić information content (AvgIpc) is 3.21. The van der Waals surface area contributed by atoms with Gasteiger partial charge < -0.3 is 0 Å². The minimum Gasteiger partial charge on any atom is -0.279 e. The lowest BCUT2D eigenvalue weighted by Gasteiger charge is -2.14. The van der Waals surface area contributed by atoms with Crippen molar-refractivity contribution in [3.63, 3.8) is 0 Å². The third-order valence-electron chi connectivity index (χ3n) is 5.14. The molecular weight excluding hydrogens is 431 g/mol. The van der Waals surface area contributed by atoms with E-state index in [1.54, 1.807) is 54.8 Å². The van der Waals surface area contributed by atoms with Crippen LogP contribution in [0, 0.1) is 26.6 Å². The van der Waals surface area contributed by atoms with Crippen LogP contribution in [-0.4, -0.2) is 13.4 Å². The van der Waals surface area contributed by atoms with Gasteiger partial charge in [0.25, 0.3) is 10.0 Å². The molecule has 0 unspecified atom stereocenters. The van der Waals surface area contributed by atoms with Crippen LogP contribution < -0.4 is 4.72 Å². The second-order valence-corrected chi connectivity index (χ2v) is 9.88. The molecule has 0 saturated carbocycles. The number of hydrogen-bond acceptors (Lipinski definition) is 4. The Kier molecular flexibility index (Phi) is 5.64. The highest BCUT2D eigenvalue weighted by atomic mass is 32.2. The first-order chi connectivity index (χ1) is 14.8. The highest BCUT2D eigenvalue weighted by Gasteiger charge is 2.20. The molecule has 0 aliphatic rings. The number of benzene rings is 3. The van der Waals surface area contributed by atoms with Crippen LogP contribution in [0.25, 0.3) is 21.8 Å². The fourth-order valence-electron chi connectivity index (χ4n) is 3.37. The maximum Gasteiger partial charge on any atom is 0.262 e. The van der Waals surface area contributed by atoms with Crippen molar-refractivity contribution in [1.82, 2.24) is 4.98 Å². The Balaban J connectivity index is 1.72. The number of anilines is 1. The van der Waals surface area contributed by atoms with E-state index in [0.29, 0.717) is 33.1 Å². The molecule has 0 amide bonds. The number of para-hydroxylation sites is 1. The summed E-state index contributed by atoms with van der Waals surface area (Å²) in [7, 11) is -3.80. The first-order valence-corrected chi connectivity index (χ1v) is 12.0. The summed E-state index contributed by atoms with van der Waals surface area (Å²) in [6, 6.07) is 17.1. The van der Waals surface area contributed by atoms with Crippen LogP contribution in [0.15, 0.2) is 70.9 Å². The van der Waals surface area contributed by atoms with Crippen molar-refractivity contribution in [3.05, 3.63) is 88.6 Å². The van der Waals surface area contributed by atoms with Crippen LogP contribution in [0.3, 0.4) is 0 Å². The van der Waals surface area contributed by atoms with Gasteiger partial charge in [0, 0.05) is 16.5 Å². The smallest absolute Gasteiger partial charge is 0.262 e. The van der Waals surface area contributed by atoms with Gasteiger partial charge >= 0.3 is 0 Å². The summed E-state index contributed by atoms with van der Waals surface area (Å²) in [5, 5.41) is 2.34. The van der Waals surface area contributed by atoms with E-state index in [0.717, 1.165) is 11.1 Å². The SMILES string of the molecule is Cc1cc(C)c(S(=O)(=O)Nc2ccccc2-c2csc(-c3ccccc3F)n2)cc1C. The first kappa shape index (κ1) is 21.2. The second-order valence-electron chi connectivity index (χ2n) is 7.37. The Morgan fingerprint density at radius 2 is 1.52 bits per heavy atom. The van der Waals surface area contributed by atoms with Crippen LogP contribution in [0.4, 0.5) is 10.1 Å². The van der Waals surface area contributed by atoms with Gasteiger partial charge in [-0.25, -0.2) is 17.8 Å². The van der Waals surface area contributed by atoms with E-state index >= 15 is 0 Å². The van der Waals surface area contributed by atoms with Gasteiger partial charge in [-0.05, 0) is 61.7 Å². The van der Waals surface area contributed by atoms with Crippen molar-refractivity contribution in [2.75, 3.05) is 4.72 Å². The predicted molar refractivity (Wildman–Crippen MR) is 124 cm³/mol. The van der Waals surface area contributed by atoms with Crippen molar-refractivity contribution in [2.24, 2.45) is 0 Å². The predicted octanol–water partition coefficient (Wildman–Crippen LogP) is 6.34. The van der Waals surface area contributed by atoms with Crippen molar-refractivity contribution in [3.8, 4) is 21.8 Å². The van der Waals surface area contributed by atoms with Crippen LogP contribution in [0.1, 0.15) is 16.7 Å². The van der Waals surface area contributed by atoms with Gasteiger partial charge in [-0.3, -0.25) is 4.72 Å². The Morgan fingerprint density at radius 1 is 0.871 bits per heavy atom. The number of rotatable bonds is 5. The Bertz CT molecular complexity index is 1380. The fraction of sp³-hybridized carbons (Fsp3) is 0.125. The number of nitrogens with zero attached hydrogens (tertiary/aromatic N) is 1. The molecule has 0 spiro atoms. The maximum atomic E-state index is 14.2. The molecule has 4 nitrogen and oxygen atoms in total. The van der Waals surface area contributed by atoms with E-state index in [1.165, 1.54) is 17.4 Å². The van der Waals surface area contributed by atoms with Gasteiger partial charge in [-0.1, -0.05) is 36.4 Å². The molecule has 3 aromatic carbocycles. The molecule has 31 heavy (non-hydrogen) atoms. The summed E-state index contributed by atoms with van der Waals surface area (Å²) in [5.74, 6) is -0.345. The van der Waals surface area contributed by atoms with Gasteiger partial charge in [-0.2, -0.15) is 0 Å². The number of halogens is 1. The summed E-state index contributed by atoms with van der Waals surface area (Å²) >= 11 is 1.31. The molecule has 0 radical (unpaired) electrons. The van der Waals surface area contributed by atoms with Crippen LogP contribution in [-0.2, 0) is 10.0 Å². The zero-order valence-electron chi connectivity index (χ0n) is 17.3. The number of hydrogen-bond donors (Lipinski definition) is 1. The van der Waals surface area contributed by atoms with Crippen molar-refractivity contribution in [1.29, 1.82) is 0 Å². The molecule has 1 aromatic heterocycles. The third-order valence-corrected chi connectivity index (χ3v) is 7.52. The molecule has 0 saturated heterocycles. The molecule has 1 N–H and O–H groups in total. The van der Waals surface area contributed by atoms with Gasteiger partial charge in [0.2, 0.25) is 0 Å². The largest absolute Gasteiger partial charge is 0.279 e. The lowest BCUT2D eigenvalue weighted by molar-refractivity contribution is 0.600. The van der Waals surface area contributed by atoms with Gasteiger partial charge in [-0.15, -0.1) is 11.3 Å². The molecule has 0 aliphatic carbocycles. The Labute approximate surface area is 185 Å². The zero-order chi connectivity index (χ0) is 22.2. The second kappa shape index (κ2) is 8.24. The standard InChI is InChI=1S/C24H21FN2O2S2/c1-15-12-17(3)23(13-16(15)2)31(28,29)27-21-11-7-5-9-19(21)22-14-30-24(26-22)18-8-4-6-10-20(18)25/h4-14,27H,1-3H3. The molecule has 4 rings (SSSR count). The molecule has 0 bridgehead atoms. The Morgan fingerprint density at radius 3 is 2.26 bits per heavy atom. The van der Waals surface area contributed by atoms with Crippen LogP contribution in [0.2, 0.25) is 0 Å². The van der Waals surface area contributed by atoms with Gasteiger partial charge in [0.15, 0.2) is 0 Å². The number of aryl methyl sites for hydroxylation is 3. The monoisotopic (exact) mass is 452 g/mol. The Hall–Kier alpha value is -3.03.